The van der Waals surface area contributed by atoms with E-state index in [1.54, 1.807) is 25.4 Å². The highest BCUT2D eigenvalue weighted by molar-refractivity contribution is 5.92. The van der Waals surface area contributed by atoms with E-state index in [4.69, 9.17) is 4.74 Å². The van der Waals surface area contributed by atoms with Crippen LogP contribution in [0, 0.1) is 5.82 Å². The Balaban J connectivity index is 1.21. The Morgan fingerprint density at radius 3 is 2.73 bits per heavy atom. The standard InChI is InChI=1S/C24H26FN5O3/c1-26-24(32)20-5-4-17(13-27-20)29-6-8-30(9-7-29)18-12-22(33-14-18)21-10-15-2-3-16(25)11-19(15)23(31)28-21/h2-5,10-11,13,18,22H,6-9,12,14H2,1H3,(H,26,32)(H,28,31)/t18-,22-/m1/s1. The number of hydrogen-bond donors (Lipinski definition) is 2. The number of fused-ring (bicyclic) bond motifs is 1. The Hall–Kier alpha value is -3.30. The van der Waals surface area contributed by atoms with Gasteiger partial charge in [0.15, 0.2) is 0 Å². The minimum atomic E-state index is -0.421. The van der Waals surface area contributed by atoms with Crippen LogP contribution in [0.1, 0.15) is 28.7 Å². The number of pyridine rings is 2. The number of hydrogen-bond acceptors (Lipinski definition) is 6. The summed E-state index contributed by atoms with van der Waals surface area (Å²) in [6, 6.07) is 10.1. The van der Waals surface area contributed by atoms with Crippen molar-refractivity contribution in [2.75, 3.05) is 44.7 Å². The van der Waals surface area contributed by atoms with Gasteiger partial charge in [0.05, 0.1) is 24.6 Å². The Bertz CT molecular complexity index is 1220. The van der Waals surface area contributed by atoms with E-state index in [0.717, 1.165) is 44.0 Å². The zero-order valence-corrected chi connectivity index (χ0v) is 18.4. The molecule has 1 amide bonds. The molecule has 1 aromatic carbocycles. The molecule has 2 fully saturated rings. The van der Waals surface area contributed by atoms with Gasteiger partial charge in [0, 0.05) is 50.3 Å². The van der Waals surface area contributed by atoms with Crippen LogP contribution in [-0.4, -0.2) is 66.7 Å². The maximum atomic E-state index is 13.5. The van der Waals surface area contributed by atoms with Gasteiger partial charge in [0.2, 0.25) is 0 Å². The number of rotatable bonds is 4. The number of anilines is 1. The molecule has 2 saturated heterocycles. The van der Waals surface area contributed by atoms with Gasteiger partial charge in [-0.2, -0.15) is 0 Å². The van der Waals surface area contributed by atoms with Gasteiger partial charge in [0.25, 0.3) is 11.5 Å². The van der Waals surface area contributed by atoms with Gasteiger partial charge in [-0.05, 0) is 42.1 Å². The Morgan fingerprint density at radius 2 is 2.00 bits per heavy atom. The van der Waals surface area contributed by atoms with Crippen LogP contribution in [0.15, 0.2) is 47.4 Å². The van der Waals surface area contributed by atoms with Crippen molar-refractivity contribution < 1.29 is 13.9 Å². The summed E-state index contributed by atoms with van der Waals surface area (Å²) in [5.41, 5.74) is 1.86. The van der Waals surface area contributed by atoms with Crippen LogP contribution in [0.2, 0.25) is 0 Å². The zero-order chi connectivity index (χ0) is 22.9. The molecule has 4 heterocycles. The molecule has 0 unspecified atom stereocenters. The summed E-state index contributed by atoms with van der Waals surface area (Å²) < 4.78 is 19.5. The molecule has 9 heteroatoms. The minimum absolute atomic E-state index is 0.184. The number of ether oxygens (including phenoxy) is 1. The summed E-state index contributed by atoms with van der Waals surface area (Å²) in [5, 5.41) is 3.64. The Morgan fingerprint density at radius 1 is 1.18 bits per heavy atom. The van der Waals surface area contributed by atoms with Gasteiger partial charge in [0.1, 0.15) is 11.5 Å². The second-order valence-electron chi connectivity index (χ2n) is 8.50. The number of halogens is 1. The van der Waals surface area contributed by atoms with Gasteiger partial charge in [-0.25, -0.2) is 9.37 Å². The normalized spacial score (nSPS) is 21.5. The van der Waals surface area contributed by atoms with Crippen molar-refractivity contribution in [1.29, 1.82) is 0 Å². The summed E-state index contributed by atoms with van der Waals surface area (Å²) >= 11 is 0. The number of nitrogens with zero attached hydrogens (tertiary/aromatic N) is 3. The van der Waals surface area contributed by atoms with Gasteiger partial charge >= 0.3 is 0 Å². The molecule has 0 radical (unpaired) electrons. The number of nitrogens with one attached hydrogen (secondary N) is 2. The SMILES string of the molecule is CNC(=O)c1ccc(N2CCN([C@H]3CO[C@@H](c4cc5ccc(F)cc5c(=O)[nH]4)C3)CC2)cn1. The second kappa shape index (κ2) is 8.92. The molecular formula is C24H26FN5O3. The van der Waals surface area contributed by atoms with E-state index >= 15 is 0 Å². The predicted molar refractivity (Wildman–Crippen MR) is 123 cm³/mol. The molecule has 5 rings (SSSR count). The molecule has 0 bridgehead atoms. The first kappa shape index (κ1) is 21.5. The molecule has 0 saturated carbocycles. The van der Waals surface area contributed by atoms with Crippen LogP contribution < -0.4 is 15.8 Å². The summed E-state index contributed by atoms with van der Waals surface area (Å²) in [6.07, 6.45) is 2.36. The highest BCUT2D eigenvalue weighted by Crippen LogP contribution is 2.32. The second-order valence-corrected chi connectivity index (χ2v) is 8.50. The van der Waals surface area contributed by atoms with Gasteiger partial charge < -0.3 is 19.9 Å². The third-order valence-corrected chi connectivity index (χ3v) is 6.56. The van der Waals surface area contributed by atoms with E-state index in [2.05, 4.69) is 25.1 Å². The van der Waals surface area contributed by atoms with E-state index < -0.39 is 5.82 Å². The van der Waals surface area contributed by atoms with Crippen molar-refractivity contribution in [1.82, 2.24) is 20.2 Å². The Kier molecular flexibility index (Phi) is 5.82. The van der Waals surface area contributed by atoms with E-state index in [9.17, 15) is 14.0 Å². The first-order chi connectivity index (χ1) is 16.0. The van der Waals surface area contributed by atoms with Crippen molar-refractivity contribution in [3.8, 4) is 0 Å². The number of carbonyl (C=O) groups excluding carboxylic acids is 1. The van der Waals surface area contributed by atoms with E-state index in [1.165, 1.54) is 12.1 Å². The number of carbonyl (C=O) groups is 1. The van der Waals surface area contributed by atoms with Crippen molar-refractivity contribution >= 4 is 22.4 Å². The third-order valence-electron chi connectivity index (χ3n) is 6.56. The van der Waals surface area contributed by atoms with Gasteiger partial charge in [-0.15, -0.1) is 0 Å². The topological polar surface area (TPSA) is 90.6 Å². The minimum Gasteiger partial charge on any atom is -0.370 e. The molecule has 2 aliphatic rings. The van der Waals surface area contributed by atoms with E-state index in [0.29, 0.717) is 23.1 Å². The molecule has 0 spiro atoms. The number of H-pyrrole nitrogens is 1. The molecule has 172 valence electrons. The fourth-order valence-corrected chi connectivity index (χ4v) is 4.69. The number of aromatic amines is 1. The van der Waals surface area contributed by atoms with Crippen molar-refractivity contribution in [3.63, 3.8) is 0 Å². The van der Waals surface area contributed by atoms with Crippen LogP contribution in [0.25, 0.3) is 10.8 Å². The highest BCUT2D eigenvalue weighted by atomic mass is 19.1. The lowest BCUT2D eigenvalue weighted by Crippen LogP contribution is -2.50. The molecule has 2 N–H and O–H groups in total. The van der Waals surface area contributed by atoms with Crippen molar-refractivity contribution in [2.45, 2.75) is 18.6 Å². The number of piperazine rings is 1. The van der Waals surface area contributed by atoms with Crippen LogP contribution in [0.5, 0.6) is 0 Å². The molecule has 3 aromatic rings. The summed E-state index contributed by atoms with van der Waals surface area (Å²) in [4.78, 5) is 35.9. The highest BCUT2D eigenvalue weighted by Gasteiger charge is 2.33. The lowest BCUT2D eigenvalue weighted by atomic mass is 10.0. The molecule has 8 nitrogen and oxygen atoms in total. The molecular weight excluding hydrogens is 425 g/mol. The monoisotopic (exact) mass is 451 g/mol. The molecule has 2 aromatic heterocycles. The molecule has 33 heavy (non-hydrogen) atoms. The summed E-state index contributed by atoms with van der Waals surface area (Å²) in [6.45, 7) is 4.12. The molecule has 2 aliphatic heterocycles. The average Bonchev–Trinajstić information content (AvgIpc) is 3.34. The molecule has 2 atom stereocenters. The van der Waals surface area contributed by atoms with Gasteiger partial charge in [-0.1, -0.05) is 6.07 Å². The number of benzene rings is 1. The predicted octanol–water partition coefficient (Wildman–Crippen LogP) is 2.07. The maximum Gasteiger partial charge on any atom is 0.269 e. The van der Waals surface area contributed by atoms with Crippen LogP contribution in [-0.2, 0) is 4.74 Å². The van der Waals surface area contributed by atoms with Crippen LogP contribution in [0.4, 0.5) is 10.1 Å². The average molecular weight is 452 g/mol. The third kappa shape index (κ3) is 4.34. The fourth-order valence-electron chi connectivity index (χ4n) is 4.69. The Labute approximate surface area is 190 Å². The summed E-state index contributed by atoms with van der Waals surface area (Å²) in [7, 11) is 1.59. The quantitative estimate of drug-likeness (QED) is 0.631. The maximum absolute atomic E-state index is 13.5. The lowest BCUT2D eigenvalue weighted by Gasteiger charge is -2.38. The lowest BCUT2D eigenvalue weighted by molar-refractivity contribution is 0.0931. The van der Waals surface area contributed by atoms with Crippen molar-refractivity contribution in [3.05, 3.63) is 70.2 Å². The van der Waals surface area contributed by atoms with Crippen molar-refractivity contribution in [2.24, 2.45) is 0 Å². The number of aromatic nitrogens is 2. The smallest absolute Gasteiger partial charge is 0.269 e. The zero-order valence-electron chi connectivity index (χ0n) is 18.4. The fraction of sp³-hybridized carbons (Fsp3) is 0.375. The van der Waals surface area contributed by atoms with Crippen LogP contribution >= 0.6 is 0 Å². The van der Waals surface area contributed by atoms with E-state index in [-0.39, 0.29) is 23.6 Å². The molecule has 0 aliphatic carbocycles. The van der Waals surface area contributed by atoms with E-state index in [1.807, 2.05) is 12.1 Å². The largest absolute Gasteiger partial charge is 0.370 e. The summed E-state index contributed by atoms with van der Waals surface area (Å²) in [5.74, 6) is -0.614. The first-order valence-electron chi connectivity index (χ1n) is 11.1. The van der Waals surface area contributed by atoms with Gasteiger partial charge in [-0.3, -0.25) is 14.5 Å². The first-order valence-corrected chi connectivity index (χ1v) is 11.1. The van der Waals surface area contributed by atoms with Crippen LogP contribution in [0.3, 0.4) is 0 Å². The number of amides is 1.